The molecule has 0 radical (unpaired) electrons. The molecule has 136 valence electrons. The fourth-order valence-corrected chi connectivity index (χ4v) is 2.48. The largest absolute Gasteiger partial charge is 0.497 e. The van der Waals surface area contributed by atoms with Gasteiger partial charge in [0.15, 0.2) is 0 Å². The van der Waals surface area contributed by atoms with Gasteiger partial charge in [0.25, 0.3) is 0 Å². The molecule has 3 N–H and O–H groups in total. The SMILES string of the molecule is COc1cccc(C(O)CNc2ccnc(Nc3cccc(C#N)c3)n2)c1. The van der Waals surface area contributed by atoms with Crippen LogP contribution >= 0.6 is 0 Å². The van der Waals surface area contributed by atoms with Gasteiger partial charge in [0.1, 0.15) is 11.6 Å². The highest BCUT2D eigenvalue weighted by Gasteiger charge is 2.09. The smallest absolute Gasteiger partial charge is 0.229 e. The molecule has 7 heteroatoms. The van der Waals surface area contributed by atoms with Gasteiger partial charge in [-0.05, 0) is 42.0 Å². The number of methoxy groups -OCH3 is 1. The molecule has 27 heavy (non-hydrogen) atoms. The van der Waals surface area contributed by atoms with Crippen LogP contribution in [0.15, 0.2) is 60.8 Å². The van der Waals surface area contributed by atoms with Crippen molar-refractivity contribution in [3.8, 4) is 11.8 Å². The average molecular weight is 361 g/mol. The second-order valence-electron chi connectivity index (χ2n) is 5.76. The highest BCUT2D eigenvalue weighted by Crippen LogP contribution is 2.20. The third-order valence-electron chi connectivity index (χ3n) is 3.86. The number of ether oxygens (including phenoxy) is 1. The van der Waals surface area contributed by atoms with Crippen LogP contribution in [-0.4, -0.2) is 28.7 Å². The topological polar surface area (TPSA) is 103 Å². The standard InChI is InChI=1S/C20H19N5O2/c1-27-17-7-3-5-15(11-17)18(26)13-23-19-8-9-22-20(25-19)24-16-6-2-4-14(10-16)12-21/h2-11,18,26H,13H2,1H3,(H2,22,23,24,25). The van der Waals surface area contributed by atoms with Gasteiger partial charge in [0.2, 0.25) is 5.95 Å². The fourth-order valence-electron chi connectivity index (χ4n) is 2.48. The van der Waals surface area contributed by atoms with Gasteiger partial charge in [-0.1, -0.05) is 18.2 Å². The summed E-state index contributed by atoms with van der Waals surface area (Å²) >= 11 is 0. The molecule has 3 aromatic rings. The molecule has 0 amide bonds. The van der Waals surface area contributed by atoms with Crippen molar-refractivity contribution in [2.24, 2.45) is 0 Å². The van der Waals surface area contributed by atoms with Gasteiger partial charge in [-0.15, -0.1) is 0 Å². The van der Waals surface area contributed by atoms with Gasteiger partial charge >= 0.3 is 0 Å². The Labute approximate surface area is 157 Å². The lowest BCUT2D eigenvalue weighted by Crippen LogP contribution is -2.13. The van der Waals surface area contributed by atoms with E-state index >= 15 is 0 Å². The minimum Gasteiger partial charge on any atom is -0.497 e. The Kier molecular flexibility index (Phi) is 5.82. The Morgan fingerprint density at radius 1 is 1.19 bits per heavy atom. The van der Waals surface area contributed by atoms with Gasteiger partial charge < -0.3 is 20.5 Å². The molecule has 0 bridgehead atoms. The van der Waals surface area contributed by atoms with Crippen molar-refractivity contribution in [2.45, 2.75) is 6.10 Å². The Bertz CT molecular complexity index is 955. The molecule has 7 nitrogen and oxygen atoms in total. The molecule has 1 aromatic heterocycles. The number of aliphatic hydroxyl groups is 1. The lowest BCUT2D eigenvalue weighted by molar-refractivity contribution is 0.191. The number of aliphatic hydroxyl groups excluding tert-OH is 1. The quantitative estimate of drug-likeness (QED) is 0.593. The third kappa shape index (κ3) is 4.93. The number of anilines is 3. The van der Waals surface area contributed by atoms with E-state index in [1.807, 2.05) is 24.3 Å². The Morgan fingerprint density at radius 2 is 2.04 bits per heavy atom. The molecule has 0 fully saturated rings. The number of hydrogen-bond donors (Lipinski definition) is 3. The van der Waals surface area contributed by atoms with Crippen molar-refractivity contribution >= 4 is 17.5 Å². The summed E-state index contributed by atoms with van der Waals surface area (Å²) in [6.45, 7) is 0.285. The van der Waals surface area contributed by atoms with E-state index in [4.69, 9.17) is 10.00 Å². The fraction of sp³-hybridized carbons (Fsp3) is 0.150. The second kappa shape index (κ2) is 8.65. The van der Waals surface area contributed by atoms with Crippen molar-refractivity contribution < 1.29 is 9.84 Å². The van der Waals surface area contributed by atoms with E-state index in [1.165, 1.54) is 0 Å². The number of aromatic nitrogens is 2. The zero-order chi connectivity index (χ0) is 19.1. The second-order valence-corrected chi connectivity index (χ2v) is 5.76. The van der Waals surface area contributed by atoms with Crippen molar-refractivity contribution in [1.82, 2.24) is 9.97 Å². The minimum atomic E-state index is -0.709. The summed E-state index contributed by atoms with van der Waals surface area (Å²) < 4.78 is 5.18. The lowest BCUT2D eigenvalue weighted by atomic mass is 10.1. The van der Waals surface area contributed by atoms with Gasteiger partial charge in [-0.2, -0.15) is 10.2 Å². The summed E-state index contributed by atoms with van der Waals surface area (Å²) in [6, 6.07) is 18.2. The monoisotopic (exact) mass is 361 g/mol. The maximum Gasteiger partial charge on any atom is 0.229 e. The van der Waals surface area contributed by atoms with Crippen molar-refractivity contribution in [2.75, 3.05) is 24.3 Å². The maximum absolute atomic E-state index is 10.4. The Hall–Kier alpha value is -3.63. The van der Waals surface area contributed by atoms with Crippen molar-refractivity contribution in [3.05, 3.63) is 71.9 Å². The summed E-state index contributed by atoms with van der Waals surface area (Å²) in [6.07, 6.45) is 0.905. The maximum atomic E-state index is 10.4. The molecular weight excluding hydrogens is 342 g/mol. The summed E-state index contributed by atoms with van der Waals surface area (Å²) in [5.41, 5.74) is 2.03. The van der Waals surface area contributed by atoms with Crippen LogP contribution in [0.25, 0.3) is 0 Å². The van der Waals surface area contributed by atoms with E-state index in [0.717, 1.165) is 11.3 Å². The predicted molar refractivity (Wildman–Crippen MR) is 103 cm³/mol. The number of nitrogens with one attached hydrogen (secondary N) is 2. The first-order chi connectivity index (χ1) is 13.2. The summed E-state index contributed by atoms with van der Waals surface area (Å²) in [4.78, 5) is 8.54. The lowest BCUT2D eigenvalue weighted by Gasteiger charge is -2.14. The first kappa shape index (κ1) is 18.2. The zero-order valence-electron chi connectivity index (χ0n) is 14.8. The highest BCUT2D eigenvalue weighted by atomic mass is 16.5. The molecule has 1 heterocycles. The van der Waals surface area contributed by atoms with Gasteiger partial charge in [0, 0.05) is 18.4 Å². The van der Waals surface area contributed by atoms with Crippen LogP contribution in [0.1, 0.15) is 17.2 Å². The van der Waals surface area contributed by atoms with E-state index in [2.05, 4.69) is 26.7 Å². The van der Waals surface area contributed by atoms with Crippen molar-refractivity contribution in [3.63, 3.8) is 0 Å². The first-order valence-electron chi connectivity index (χ1n) is 8.34. The summed E-state index contributed by atoms with van der Waals surface area (Å²) in [7, 11) is 1.59. The Morgan fingerprint density at radius 3 is 2.85 bits per heavy atom. The van der Waals surface area contributed by atoms with Crippen LogP contribution < -0.4 is 15.4 Å². The van der Waals surface area contributed by atoms with Crippen LogP contribution in [0.3, 0.4) is 0 Å². The zero-order valence-corrected chi connectivity index (χ0v) is 14.8. The van der Waals surface area contributed by atoms with Crippen molar-refractivity contribution in [1.29, 1.82) is 5.26 Å². The third-order valence-corrected chi connectivity index (χ3v) is 3.86. The molecule has 0 aliphatic carbocycles. The van der Waals surface area contributed by atoms with Gasteiger partial charge in [0.05, 0.1) is 24.8 Å². The molecule has 2 aromatic carbocycles. The average Bonchev–Trinajstić information content (AvgIpc) is 2.72. The van der Waals surface area contributed by atoms with Crippen LogP contribution in [-0.2, 0) is 0 Å². The molecule has 0 saturated heterocycles. The minimum absolute atomic E-state index is 0.285. The molecule has 0 saturated carbocycles. The first-order valence-corrected chi connectivity index (χ1v) is 8.34. The summed E-state index contributed by atoms with van der Waals surface area (Å²) in [5.74, 6) is 1.66. The highest BCUT2D eigenvalue weighted by molar-refractivity contribution is 5.57. The van der Waals surface area contributed by atoms with Crippen LogP contribution in [0, 0.1) is 11.3 Å². The van der Waals surface area contributed by atoms with E-state index in [9.17, 15) is 5.11 Å². The normalized spacial score (nSPS) is 11.3. The Balaban J connectivity index is 1.64. The predicted octanol–water partition coefficient (Wildman–Crippen LogP) is 3.25. The number of hydrogen-bond acceptors (Lipinski definition) is 7. The number of benzene rings is 2. The summed E-state index contributed by atoms with van der Waals surface area (Å²) in [5, 5.41) is 25.5. The molecule has 0 spiro atoms. The van der Waals surface area contributed by atoms with Crippen LogP contribution in [0.4, 0.5) is 17.5 Å². The molecule has 0 aliphatic heterocycles. The van der Waals surface area contributed by atoms with E-state index in [0.29, 0.717) is 23.1 Å². The van der Waals surface area contributed by atoms with Crippen LogP contribution in [0.2, 0.25) is 0 Å². The van der Waals surface area contributed by atoms with E-state index < -0.39 is 6.10 Å². The molecule has 0 aliphatic rings. The molecule has 1 unspecified atom stereocenters. The molecular formula is C20H19N5O2. The molecule has 3 rings (SSSR count). The number of rotatable bonds is 7. The van der Waals surface area contributed by atoms with Crippen LogP contribution in [0.5, 0.6) is 5.75 Å². The molecule has 1 atom stereocenters. The van der Waals surface area contributed by atoms with Gasteiger partial charge in [-0.25, -0.2) is 4.98 Å². The van der Waals surface area contributed by atoms with E-state index in [1.54, 1.807) is 43.6 Å². The number of nitriles is 1. The van der Waals surface area contributed by atoms with Gasteiger partial charge in [-0.3, -0.25) is 0 Å². The van der Waals surface area contributed by atoms with E-state index in [-0.39, 0.29) is 6.54 Å². The number of nitrogens with zero attached hydrogens (tertiary/aromatic N) is 3.